The van der Waals surface area contributed by atoms with Crippen LogP contribution < -0.4 is 10.1 Å². The molecule has 1 aromatic rings. The van der Waals surface area contributed by atoms with E-state index in [1.807, 2.05) is 6.92 Å². The van der Waals surface area contributed by atoms with Gasteiger partial charge < -0.3 is 19.7 Å². The lowest BCUT2D eigenvalue weighted by atomic mass is 9.88. The number of benzene rings is 1. The number of carbonyl (C=O) groups is 2. The second-order valence-corrected chi connectivity index (χ2v) is 6.81. The van der Waals surface area contributed by atoms with Crippen LogP contribution in [0.4, 0.5) is 22.4 Å². The molecule has 0 saturated carbocycles. The Kier molecular flexibility index (Phi) is 7.69. The van der Waals surface area contributed by atoms with Crippen LogP contribution in [0.1, 0.15) is 37.7 Å². The minimum atomic E-state index is -4.85. The van der Waals surface area contributed by atoms with E-state index in [0.717, 1.165) is 18.2 Å². The third-order valence-electron chi connectivity index (χ3n) is 4.97. The first-order valence-corrected chi connectivity index (χ1v) is 9.30. The lowest BCUT2D eigenvalue weighted by molar-refractivity contribution is -0.274. The molecule has 0 bridgehead atoms. The summed E-state index contributed by atoms with van der Waals surface area (Å²) in [4.78, 5) is 25.5. The third kappa shape index (κ3) is 6.50. The van der Waals surface area contributed by atoms with Crippen LogP contribution in [0.3, 0.4) is 0 Å². The van der Waals surface area contributed by atoms with Gasteiger partial charge in [0, 0.05) is 19.6 Å². The molecule has 1 aromatic carbocycles. The highest BCUT2D eigenvalue weighted by Gasteiger charge is 2.33. The van der Waals surface area contributed by atoms with Crippen molar-refractivity contribution in [3.63, 3.8) is 0 Å². The van der Waals surface area contributed by atoms with E-state index >= 15 is 0 Å². The van der Waals surface area contributed by atoms with Gasteiger partial charge in [-0.1, -0.05) is 6.92 Å². The van der Waals surface area contributed by atoms with E-state index in [1.54, 1.807) is 4.90 Å². The summed E-state index contributed by atoms with van der Waals surface area (Å²) >= 11 is 0. The molecule has 1 N–H and O–H groups in total. The fraction of sp³-hybridized carbons (Fsp3) is 0.579. The van der Waals surface area contributed by atoms with E-state index in [2.05, 4.69) is 14.8 Å². The van der Waals surface area contributed by atoms with Crippen molar-refractivity contribution in [3.8, 4) is 5.75 Å². The Morgan fingerprint density at radius 1 is 1.28 bits per heavy atom. The fourth-order valence-corrected chi connectivity index (χ4v) is 3.39. The number of nitrogens with one attached hydrogen (secondary N) is 1. The molecule has 10 heteroatoms. The van der Waals surface area contributed by atoms with Gasteiger partial charge in [0.15, 0.2) is 0 Å². The number of alkyl halides is 3. The SMILES string of the molecule is CCC(CNC(=O)OC)C(=O)N1CCC(c2cc(OC(F)(F)F)ccc2F)CC1. The van der Waals surface area contributed by atoms with Gasteiger partial charge in [0.2, 0.25) is 5.91 Å². The summed E-state index contributed by atoms with van der Waals surface area (Å²) in [5, 5.41) is 2.51. The van der Waals surface area contributed by atoms with Crippen molar-refractivity contribution in [2.24, 2.45) is 5.92 Å². The molecule has 6 nitrogen and oxygen atoms in total. The molecule has 2 amide bonds. The average Bonchev–Trinajstić information content (AvgIpc) is 2.68. The molecule has 1 unspecified atom stereocenters. The quantitative estimate of drug-likeness (QED) is 0.711. The van der Waals surface area contributed by atoms with Crippen molar-refractivity contribution in [2.75, 3.05) is 26.7 Å². The number of alkyl carbamates (subject to hydrolysis) is 1. The minimum Gasteiger partial charge on any atom is -0.453 e. The van der Waals surface area contributed by atoms with Crippen LogP contribution >= 0.6 is 0 Å². The van der Waals surface area contributed by atoms with Gasteiger partial charge in [0.25, 0.3) is 0 Å². The zero-order chi connectivity index (χ0) is 21.6. The van der Waals surface area contributed by atoms with Crippen LogP contribution in [0, 0.1) is 11.7 Å². The third-order valence-corrected chi connectivity index (χ3v) is 4.97. The van der Waals surface area contributed by atoms with E-state index < -0.39 is 29.9 Å². The number of carbonyl (C=O) groups excluding carboxylic acids is 2. The normalized spacial score (nSPS) is 16.3. The molecule has 29 heavy (non-hydrogen) atoms. The van der Waals surface area contributed by atoms with Gasteiger partial charge in [-0.05, 0) is 48.9 Å². The van der Waals surface area contributed by atoms with E-state index in [0.29, 0.717) is 32.4 Å². The predicted octanol–water partition coefficient (Wildman–Crippen LogP) is 3.81. The van der Waals surface area contributed by atoms with Gasteiger partial charge in [-0.3, -0.25) is 4.79 Å². The van der Waals surface area contributed by atoms with Crippen molar-refractivity contribution in [1.82, 2.24) is 10.2 Å². The van der Waals surface area contributed by atoms with E-state index in [4.69, 9.17) is 0 Å². The number of rotatable bonds is 6. The number of piperidine rings is 1. The number of ether oxygens (including phenoxy) is 2. The molecule has 1 heterocycles. The standard InChI is InChI=1S/C19H24F4N2O4/c1-3-12(11-24-18(27)28-2)17(26)25-8-6-13(7-9-25)15-10-14(4-5-16(15)20)29-19(21,22)23/h4-5,10,12-13H,3,6-9,11H2,1-2H3,(H,24,27). The Morgan fingerprint density at radius 2 is 1.93 bits per heavy atom. The number of likely N-dealkylation sites (tertiary alicyclic amines) is 1. The van der Waals surface area contributed by atoms with Crippen LogP contribution in [0.2, 0.25) is 0 Å². The maximum atomic E-state index is 14.2. The zero-order valence-electron chi connectivity index (χ0n) is 16.2. The Bertz CT molecular complexity index is 719. The Balaban J connectivity index is 1.98. The van der Waals surface area contributed by atoms with Crippen molar-refractivity contribution in [3.05, 3.63) is 29.6 Å². The maximum absolute atomic E-state index is 14.2. The van der Waals surface area contributed by atoms with Gasteiger partial charge in [0.05, 0.1) is 13.0 Å². The lowest BCUT2D eigenvalue weighted by Gasteiger charge is -2.34. The van der Waals surface area contributed by atoms with Gasteiger partial charge in [-0.25, -0.2) is 9.18 Å². The largest absolute Gasteiger partial charge is 0.573 e. The summed E-state index contributed by atoms with van der Waals surface area (Å²) in [6.07, 6.45) is -4.11. The van der Waals surface area contributed by atoms with E-state index in [9.17, 15) is 27.2 Å². The lowest BCUT2D eigenvalue weighted by Crippen LogP contribution is -2.44. The maximum Gasteiger partial charge on any atom is 0.573 e. The van der Waals surface area contributed by atoms with E-state index in [-0.39, 0.29) is 23.9 Å². The van der Waals surface area contributed by atoms with Crippen molar-refractivity contribution in [1.29, 1.82) is 0 Å². The van der Waals surface area contributed by atoms with Crippen molar-refractivity contribution >= 4 is 12.0 Å². The van der Waals surface area contributed by atoms with Gasteiger partial charge in [-0.15, -0.1) is 13.2 Å². The summed E-state index contributed by atoms with van der Waals surface area (Å²) in [6, 6.07) is 2.96. The van der Waals surface area contributed by atoms with E-state index in [1.165, 1.54) is 7.11 Å². The molecule has 1 aliphatic heterocycles. The molecule has 0 aromatic heterocycles. The fourth-order valence-electron chi connectivity index (χ4n) is 3.39. The average molecular weight is 420 g/mol. The molecule has 1 aliphatic rings. The molecule has 162 valence electrons. The molecule has 0 radical (unpaired) electrons. The number of nitrogens with zero attached hydrogens (tertiary/aromatic N) is 1. The monoisotopic (exact) mass is 420 g/mol. The second kappa shape index (κ2) is 9.80. The Labute approximate surface area is 166 Å². The Morgan fingerprint density at radius 3 is 2.48 bits per heavy atom. The van der Waals surface area contributed by atoms with Gasteiger partial charge in [0.1, 0.15) is 11.6 Å². The molecule has 0 spiro atoms. The smallest absolute Gasteiger partial charge is 0.453 e. The molecule has 1 saturated heterocycles. The van der Waals surface area contributed by atoms with Gasteiger partial charge in [-0.2, -0.15) is 0 Å². The number of halogens is 4. The summed E-state index contributed by atoms with van der Waals surface area (Å²) in [7, 11) is 1.23. The zero-order valence-corrected chi connectivity index (χ0v) is 16.2. The van der Waals surface area contributed by atoms with Crippen molar-refractivity contribution in [2.45, 2.75) is 38.5 Å². The highest BCUT2D eigenvalue weighted by molar-refractivity contribution is 5.80. The Hall–Kier alpha value is -2.52. The number of hydrogen-bond donors (Lipinski definition) is 1. The van der Waals surface area contributed by atoms with Gasteiger partial charge >= 0.3 is 12.5 Å². The van der Waals surface area contributed by atoms with Crippen LogP contribution in [0.25, 0.3) is 0 Å². The number of methoxy groups -OCH3 is 1. The van der Waals surface area contributed by atoms with Crippen LogP contribution in [0.5, 0.6) is 5.75 Å². The predicted molar refractivity (Wildman–Crippen MR) is 95.8 cm³/mol. The molecule has 0 aliphatic carbocycles. The summed E-state index contributed by atoms with van der Waals surface area (Å²) in [5.41, 5.74) is 0.151. The number of hydrogen-bond acceptors (Lipinski definition) is 4. The second-order valence-electron chi connectivity index (χ2n) is 6.81. The van der Waals surface area contributed by atoms with Crippen LogP contribution in [-0.4, -0.2) is 50.0 Å². The summed E-state index contributed by atoms with van der Waals surface area (Å²) < 4.78 is 59.8. The molecule has 2 rings (SSSR count). The van der Waals surface area contributed by atoms with Crippen molar-refractivity contribution < 1.29 is 36.6 Å². The topological polar surface area (TPSA) is 67.9 Å². The molecular weight excluding hydrogens is 396 g/mol. The number of amides is 2. The highest BCUT2D eigenvalue weighted by atomic mass is 19.4. The first kappa shape index (κ1) is 22.8. The van der Waals surface area contributed by atoms with Crippen LogP contribution in [-0.2, 0) is 9.53 Å². The summed E-state index contributed by atoms with van der Waals surface area (Å²) in [6.45, 7) is 2.67. The molecule has 1 atom stereocenters. The summed E-state index contributed by atoms with van der Waals surface area (Å²) in [5.74, 6) is -1.92. The molecular formula is C19H24F4N2O4. The highest BCUT2D eigenvalue weighted by Crippen LogP contribution is 2.34. The molecule has 1 fully saturated rings. The first-order valence-electron chi connectivity index (χ1n) is 9.30. The first-order chi connectivity index (χ1) is 13.6. The minimum absolute atomic E-state index is 0.128. The van der Waals surface area contributed by atoms with Crippen LogP contribution in [0.15, 0.2) is 18.2 Å².